The molecule has 5 rings (SSSR count). The lowest BCUT2D eigenvalue weighted by molar-refractivity contribution is -0.136. The number of hydrogen-bond acceptors (Lipinski definition) is 4. The van der Waals surface area contributed by atoms with E-state index in [9.17, 15) is 10.1 Å². The van der Waals surface area contributed by atoms with Gasteiger partial charge in [0.05, 0.1) is 11.8 Å². The Morgan fingerprint density at radius 2 is 2.30 bits per heavy atom. The van der Waals surface area contributed by atoms with Gasteiger partial charge >= 0.3 is 0 Å². The van der Waals surface area contributed by atoms with Crippen LogP contribution in [-0.2, 0) is 4.79 Å². The monoisotopic (exact) mass is 361 g/mol. The zero-order valence-electron chi connectivity index (χ0n) is 15.5. The van der Waals surface area contributed by atoms with Crippen LogP contribution in [0.25, 0.3) is 17.1 Å². The standard InChI is InChI=1S/C21H23N5O/c1-14-5-10-25(20(27)21(13-22)6-7-21)12-17(14)26-9-2-3-15-11-24-19-16(18(15)26)4-8-23-19/h2-4,8,11,14,17H,5-7,9-10,12H2,1H3,(H,23,24). The number of carbonyl (C=O) groups excluding carboxylic acids is 1. The first-order valence-corrected chi connectivity index (χ1v) is 9.73. The molecule has 2 aromatic rings. The lowest BCUT2D eigenvalue weighted by Gasteiger charge is -2.45. The summed E-state index contributed by atoms with van der Waals surface area (Å²) < 4.78 is 0. The third-order valence-corrected chi connectivity index (χ3v) is 6.45. The number of likely N-dealkylation sites (tertiary alicyclic amines) is 1. The average Bonchev–Trinajstić information content (AvgIpc) is 3.36. The molecule has 6 nitrogen and oxygen atoms in total. The Morgan fingerprint density at radius 1 is 1.44 bits per heavy atom. The minimum atomic E-state index is -0.733. The Bertz CT molecular complexity index is 980. The topological polar surface area (TPSA) is 76.0 Å². The number of anilines is 1. The van der Waals surface area contributed by atoms with Crippen molar-refractivity contribution in [2.45, 2.75) is 32.2 Å². The van der Waals surface area contributed by atoms with E-state index in [0.717, 1.165) is 36.1 Å². The summed E-state index contributed by atoms with van der Waals surface area (Å²) in [6.07, 6.45) is 10.5. The van der Waals surface area contributed by atoms with Gasteiger partial charge in [-0.1, -0.05) is 19.1 Å². The van der Waals surface area contributed by atoms with E-state index in [0.29, 0.717) is 25.3 Å². The van der Waals surface area contributed by atoms with Gasteiger partial charge in [-0.25, -0.2) is 4.98 Å². The van der Waals surface area contributed by atoms with Crippen LogP contribution in [0.5, 0.6) is 0 Å². The zero-order valence-corrected chi connectivity index (χ0v) is 15.5. The predicted molar refractivity (Wildman–Crippen MR) is 104 cm³/mol. The SMILES string of the molecule is CC1CCN(C(=O)C2(C#N)CC2)CC1N1CC=Cc2cnc3[nH]ccc3c21. The lowest BCUT2D eigenvalue weighted by Crippen LogP contribution is -2.55. The number of nitrogens with one attached hydrogen (secondary N) is 1. The molecule has 1 N–H and O–H groups in total. The molecule has 2 fully saturated rings. The summed E-state index contributed by atoms with van der Waals surface area (Å²) in [6, 6.07) is 4.58. The Kier molecular flexibility index (Phi) is 3.55. The fraction of sp³-hybridized carbons (Fsp3) is 0.476. The number of aromatic amines is 1. The van der Waals surface area contributed by atoms with Crippen LogP contribution in [0.1, 0.15) is 31.7 Å². The van der Waals surface area contributed by atoms with Crippen molar-refractivity contribution in [3.8, 4) is 6.07 Å². The minimum Gasteiger partial charge on any atom is -0.362 e. The van der Waals surface area contributed by atoms with Crippen LogP contribution in [0.4, 0.5) is 5.69 Å². The number of amides is 1. The van der Waals surface area contributed by atoms with Crippen LogP contribution in [-0.4, -0.2) is 46.5 Å². The number of carbonyl (C=O) groups is 1. The van der Waals surface area contributed by atoms with Crippen molar-refractivity contribution < 1.29 is 4.79 Å². The van der Waals surface area contributed by atoms with Crippen LogP contribution in [0.2, 0.25) is 0 Å². The molecular weight excluding hydrogens is 338 g/mol. The molecule has 0 aromatic carbocycles. The second kappa shape index (κ2) is 5.85. The van der Waals surface area contributed by atoms with Crippen molar-refractivity contribution in [3.63, 3.8) is 0 Å². The maximum Gasteiger partial charge on any atom is 0.243 e. The second-order valence-corrected chi connectivity index (χ2v) is 8.14. The normalized spacial score (nSPS) is 25.9. The van der Waals surface area contributed by atoms with E-state index in [4.69, 9.17) is 0 Å². The molecule has 6 heteroatoms. The van der Waals surface area contributed by atoms with Crippen LogP contribution >= 0.6 is 0 Å². The molecule has 2 aliphatic heterocycles. The third kappa shape index (κ3) is 2.45. The molecule has 1 amide bonds. The summed E-state index contributed by atoms with van der Waals surface area (Å²) >= 11 is 0. The van der Waals surface area contributed by atoms with Crippen molar-refractivity contribution >= 4 is 28.7 Å². The van der Waals surface area contributed by atoms with Gasteiger partial charge in [0.1, 0.15) is 11.1 Å². The second-order valence-electron chi connectivity index (χ2n) is 8.14. The Hall–Kier alpha value is -2.81. The van der Waals surface area contributed by atoms with Crippen LogP contribution in [0, 0.1) is 22.7 Å². The maximum absolute atomic E-state index is 12.9. The number of aromatic nitrogens is 2. The molecule has 3 aliphatic rings. The summed E-state index contributed by atoms with van der Waals surface area (Å²) in [4.78, 5) is 25.0. The van der Waals surface area contributed by atoms with Gasteiger partial charge in [0.25, 0.3) is 0 Å². The van der Waals surface area contributed by atoms with E-state index in [1.807, 2.05) is 17.3 Å². The molecule has 2 unspecified atom stereocenters. The van der Waals surface area contributed by atoms with Crippen molar-refractivity contribution in [1.29, 1.82) is 5.26 Å². The van der Waals surface area contributed by atoms with Crippen LogP contribution < -0.4 is 4.90 Å². The largest absolute Gasteiger partial charge is 0.362 e. The highest BCUT2D eigenvalue weighted by molar-refractivity contribution is 5.96. The van der Waals surface area contributed by atoms with Crippen LogP contribution in [0.3, 0.4) is 0 Å². The van der Waals surface area contributed by atoms with Gasteiger partial charge in [-0.15, -0.1) is 0 Å². The molecule has 1 saturated carbocycles. The minimum absolute atomic E-state index is 0.0381. The van der Waals surface area contributed by atoms with Gasteiger partial charge in [-0.3, -0.25) is 4.79 Å². The van der Waals surface area contributed by atoms with Gasteiger partial charge in [-0.2, -0.15) is 5.26 Å². The third-order valence-electron chi connectivity index (χ3n) is 6.45. The first kappa shape index (κ1) is 16.4. The van der Waals surface area contributed by atoms with Gasteiger partial charge < -0.3 is 14.8 Å². The quantitative estimate of drug-likeness (QED) is 0.892. The summed E-state index contributed by atoms with van der Waals surface area (Å²) in [5, 5.41) is 10.5. The van der Waals surface area contributed by atoms with E-state index in [2.05, 4.69) is 46.1 Å². The van der Waals surface area contributed by atoms with Gasteiger partial charge in [0, 0.05) is 49.0 Å². The van der Waals surface area contributed by atoms with Gasteiger partial charge in [0.2, 0.25) is 5.91 Å². The summed E-state index contributed by atoms with van der Waals surface area (Å²) in [6.45, 7) is 4.55. The molecule has 0 radical (unpaired) electrons. The van der Waals surface area contributed by atoms with Crippen LogP contribution in [0.15, 0.2) is 24.5 Å². The van der Waals surface area contributed by atoms with E-state index in [1.165, 1.54) is 5.69 Å². The summed E-state index contributed by atoms with van der Waals surface area (Å²) in [5.41, 5.74) is 2.49. The number of H-pyrrole nitrogens is 1. The van der Waals surface area contributed by atoms with E-state index >= 15 is 0 Å². The van der Waals surface area contributed by atoms with Crippen molar-refractivity contribution in [2.75, 3.05) is 24.5 Å². The number of pyridine rings is 1. The smallest absolute Gasteiger partial charge is 0.243 e. The fourth-order valence-electron chi connectivity index (χ4n) is 4.58. The first-order chi connectivity index (χ1) is 13.1. The molecule has 27 heavy (non-hydrogen) atoms. The summed E-state index contributed by atoms with van der Waals surface area (Å²) in [5.74, 6) is 0.518. The summed E-state index contributed by atoms with van der Waals surface area (Å²) in [7, 11) is 0. The Balaban J connectivity index is 1.49. The number of rotatable bonds is 2. The average molecular weight is 361 g/mol. The highest BCUT2D eigenvalue weighted by atomic mass is 16.2. The van der Waals surface area contributed by atoms with Crippen molar-refractivity contribution in [2.24, 2.45) is 11.3 Å². The highest BCUT2D eigenvalue weighted by Gasteiger charge is 2.53. The number of piperidine rings is 1. The van der Waals surface area contributed by atoms with E-state index in [1.54, 1.807) is 0 Å². The number of nitriles is 1. The maximum atomic E-state index is 12.9. The number of nitrogens with zero attached hydrogens (tertiary/aromatic N) is 4. The Morgan fingerprint density at radius 3 is 3.07 bits per heavy atom. The Labute approximate surface area is 158 Å². The molecule has 1 aliphatic carbocycles. The molecule has 2 aromatic heterocycles. The zero-order chi connectivity index (χ0) is 18.6. The molecule has 0 bridgehead atoms. The molecular formula is C21H23N5O. The highest BCUT2D eigenvalue weighted by Crippen LogP contribution is 2.47. The van der Waals surface area contributed by atoms with E-state index in [-0.39, 0.29) is 11.9 Å². The number of fused-ring (bicyclic) bond motifs is 3. The molecule has 4 heterocycles. The number of hydrogen-bond donors (Lipinski definition) is 1. The lowest BCUT2D eigenvalue weighted by atomic mass is 9.89. The predicted octanol–water partition coefficient (Wildman–Crippen LogP) is 2.94. The fourth-order valence-corrected chi connectivity index (χ4v) is 4.58. The molecule has 0 spiro atoms. The van der Waals surface area contributed by atoms with Crippen molar-refractivity contribution in [3.05, 3.63) is 30.1 Å². The molecule has 2 atom stereocenters. The molecule has 1 saturated heterocycles. The van der Waals surface area contributed by atoms with Gasteiger partial charge in [-0.05, 0) is 31.2 Å². The molecule has 138 valence electrons. The first-order valence-electron chi connectivity index (χ1n) is 9.73. The van der Waals surface area contributed by atoms with Gasteiger partial charge in [0.15, 0.2) is 0 Å². The van der Waals surface area contributed by atoms with Crippen molar-refractivity contribution in [1.82, 2.24) is 14.9 Å². The van der Waals surface area contributed by atoms with E-state index < -0.39 is 5.41 Å².